The number of hydrogen-bond acceptors (Lipinski definition) is 5. The maximum absolute atomic E-state index is 6.07. The van der Waals surface area contributed by atoms with E-state index in [0.717, 1.165) is 19.4 Å². The number of rotatable bonds is 2. The Labute approximate surface area is 120 Å². The van der Waals surface area contributed by atoms with E-state index in [9.17, 15) is 0 Å². The Bertz CT molecular complexity index is 581. The summed E-state index contributed by atoms with van der Waals surface area (Å²) in [6.07, 6.45) is 4.86. The number of nitrogens with one attached hydrogen (secondary N) is 1. The Morgan fingerprint density at radius 3 is 2.95 bits per heavy atom. The molecule has 0 aliphatic carbocycles. The van der Waals surface area contributed by atoms with Crippen LogP contribution in [0.3, 0.4) is 0 Å². The number of halogens is 2. The highest BCUT2D eigenvalue weighted by molar-refractivity contribution is 6.35. The largest absolute Gasteiger partial charge is 0.337 e. The maximum atomic E-state index is 6.07. The molecule has 0 saturated carbocycles. The molecule has 0 radical (unpaired) electrons. The zero-order valence-corrected chi connectivity index (χ0v) is 11.6. The number of pyridine rings is 1. The molecule has 19 heavy (non-hydrogen) atoms. The van der Waals surface area contributed by atoms with Crippen LogP contribution in [0.1, 0.15) is 31.2 Å². The minimum atomic E-state index is 0.126. The second kappa shape index (κ2) is 5.45. The number of aromatic nitrogens is 3. The van der Waals surface area contributed by atoms with Gasteiger partial charge >= 0.3 is 0 Å². The van der Waals surface area contributed by atoms with Crippen LogP contribution in [0.25, 0.3) is 11.5 Å². The van der Waals surface area contributed by atoms with Gasteiger partial charge < -0.3 is 9.84 Å². The van der Waals surface area contributed by atoms with Gasteiger partial charge in [-0.3, -0.25) is 0 Å². The van der Waals surface area contributed by atoms with Gasteiger partial charge in [0.15, 0.2) is 0 Å². The van der Waals surface area contributed by atoms with Gasteiger partial charge in [0.25, 0.3) is 0 Å². The fourth-order valence-corrected chi connectivity index (χ4v) is 2.58. The number of piperidine rings is 1. The van der Waals surface area contributed by atoms with Gasteiger partial charge in [0.05, 0.1) is 16.1 Å². The van der Waals surface area contributed by atoms with E-state index in [2.05, 4.69) is 20.4 Å². The fourth-order valence-electron chi connectivity index (χ4n) is 2.11. The SMILES string of the molecule is Clc1cnc(-c2noc(C3CCCCN3)n2)c(Cl)c1. The number of hydrogen-bond donors (Lipinski definition) is 1. The third-order valence-corrected chi connectivity index (χ3v) is 3.56. The summed E-state index contributed by atoms with van der Waals surface area (Å²) in [6, 6.07) is 1.74. The van der Waals surface area contributed by atoms with Gasteiger partial charge in [0.1, 0.15) is 5.69 Å². The van der Waals surface area contributed by atoms with E-state index < -0.39 is 0 Å². The van der Waals surface area contributed by atoms with E-state index in [4.69, 9.17) is 27.7 Å². The maximum Gasteiger partial charge on any atom is 0.244 e. The molecule has 1 aliphatic rings. The van der Waals surface area contributed by atoms with Crippen LogP contribution in [0.4, 0.5) is 0 Å². The van der Waals surface area contributed by atoms with Crippen molar-refractivity contribution in [3.8, 4) is 11.5 Å². The molecule has 2 aromatic rings. The van der Waals surface area contributed by atoms with Crippen molar-refractivity contribution < 1.29 is 4.52 Å². The molecule has 0 spiro atoms. The molecule has 1 N–H and O–H groups in total. The smallest absolute Gasteiger partial charge is 0.244 e. The molecule has 1 aliphatic heterocycles. The second-order valence-corrected chi connectivity index (χ2v) is 5.29. The van der Waals surface area contributed by atoms with Crippen molar-refractivity contribution in [2.75, 3.05) is 6.54 Å². The molecule has 1 saturated heterocycles. The van der Waals surface area contributed by atoms with Crippen LogP contribution in [0, 0.1) is 0 Å². The van der Waals surface area contributed by atoms with Crippen LogP contribution >= 0.6 is 23.2 Å². The first-order chi connectivity index (χ1) is 9.24. The van der Waals surface area contributed by atoms with Crippen molar-refractivity contribution in [1.82, 2.24) is 20.4 Å². The highest BCUT2D eigenvalue weighted by Gasteiger charge is 2.22. The average molecular weight is 299 g/mol. The van der Waals surface area contributed by atoms with Gasteiger partial charge in [0, 0.05) is 6.20 Å². The Balaban J connectivity index is 1.87. The van der Waals surface area contributed by atoms with Crippen LogP contribution in [0.15, 0.2) is 16.8 Å². The van der Waals surface area contributed by atoms with Crippen molar-refractivity contribution in [1.29, 1.82) is 0 Å². The molecule has 0 bridgehead atoms. The molecular weight excluding hydrogens is 287 g/mol. The molecule has 3 heterocycles. The van der Waals surface area contributed by atoms with E-state index in [1.807, 2.05) is 0 Å². The molecule has 5 nitrogen and oxygen atoms in total. The van der Waals surface area contributed by atoms with Crippen LogP contribution < -0.4 is 5.32 Å². The minimum absolute atomic E-state index is 0.126. The molecule has 7 heteroatoms. The molecular formula is C12H12Cl2N4O. The second-order valence-electron chi connectivity index (χ2n) is 4.44. The summed E-state index contributed by atoms with van der Waals surface area (Å²) in [5.41, 5.74) is 0.483. The van der Waals surface area contributed by atoms with Crippen LogP contribution in [0.2, 0.25) is 10.0 Å². The predicted molar refractivity (Wildman–Crippen MR) is 72.1 cm³/mol. The first-order valence-corrected chi connectivity index (χ1v) is 6.88. The Morgan fingerprint density at radius 2 is 2.21 bits per heavy atom. The lowest BCUT2D eigenvalue weighted by atomic mass is 10.1. The average Bonchev–Trinajstić information content (AvgIpc) is 2.89. The zero-order valence-electron chi connectivity index (χ0n) is 10.1. The Hall–Kier alpha value is -1.17. The Kier molecular flexibility index (Phi) is 3.68. The summed E-state index contributed by atoms with van der Waals surface area (Å²) >= 11 is 11.9. The van der Waals surface area contributed by atoms with Crippen molar-refractivity contribution in [3.63, 3.8) is 0 Å². The van der Waals surface area contributed by atoms with Crippen molar-refractivity contribution in [3.05, 3.63) is 28.2 Å². The summed E-state index contributed by atoms with van der Waals surface area (Å²) in [4.78, 5) is 8.50. The van der Waals surface area contributed by atoms with E-state index in [1.165, 1.54) is 12.6 Å². The minimum Gasteiger partial charge on any atom is -0.337 e. The van der Waals surface area contributed by atoms with E-state index in [1.54, 1.807) is 6.07 Å². The van der Waals surface area contributed by atoms with Crippen LogP contribution in [-0.2, 0) is 0 Å². The molecule has 2 aromatic heterocycles. The van der Waals surface area contributed by atoms with Gasteiger partial charge in [-0.25, -0.2) is 4.98 Å². The summed E-state index contributed by atoms with van der Waals surface area (Å²) in [5, 5.41) is 8.18. The molecule has 1 atom stereocenters. The lowest BCUT2D eigenvalue weighted by molar-refractivity contribution is 0.297. The third-order valence-electron chi connectivity index (χ3n) is 3.07. The Morgan fingerprint density at radius 1 is 1.32 bits per heavy atom. The van der Waals surface area contributed by atoms with Gasteiger partial charge in [0.2, 0.25) is 11.7 Å². The van der Waals surface area contributed by atoms with E-state index in [-0.39, 0.29) is 6.04 Å². The highest BCUT2D eigenvalue weighted by Crippen LogP contribution is 2.28. The predicted octanol–water partition coefficient (Wildman–Crippen LogP) is 3.25. The van der Waals surface area contributed by atoms with E-state index in [0.29, 0.717) is 27.5 Å². The zero-order chi connectivity index (χ0) is 13.2. The van der Waals surface area contributed by atoms with Crippen molar-refractivity contribution in [2.24, 2.45) is 0 Å². The van der Waals surface area contributed by atoms with E-state index >= 15 is 0 Å². The lowest BCUT2D eigenvalue weighted by Crippen LogP contribution is -2.26. The summed E-state index contributed by atoms with van der Waals surface area (Å²) in [6.45, 7) is 0.975. The molecule has 1 unspecified atom stereocenters. The normalized spacial score (nSPS) is 19.6. The standard InChI is InChI=1S/C12H12Cl2N4O/c13-7-5-8(14)10(16-6-7)11-17-12(19-18-11)9-3-1-2-4-15-9/h5-6,9,15H,1-4H2. The summed E-state index contributed by atoms with van der Waals surface area (Å²) in [7, 11) is 0. The molecule has 0 aromatic carbocycles. The monoisotopic (exact) mass is 298 g/mol. The lowest BCUT2D eigenvalue weighted by Gasteiger charge is -2.19. The first kappa shape index (κ1) is 12.8. The van der Waals surface area contributed by atoms with Gasteiger partial charge in [-0.15, -0.1) is 0 Å². The van der Waals surface area contributed by atoms with Crippen molar-refractivity contribution in [2.45, 2.75) is 25.3 Å². The highest BCUT2D eigenvalue weighted by atomic mass is 35.5. The molecule has 3 rings (SSSR count). The molecule has 0 amide bonds. The van der Waals surface area contributed by atoms with Gasteiger partial charge in [-0.1, -0.05) is 34.8 Å². The van der Waals surface area contributed by atoms with Gasteiger partial charge in [-0.2, -0.15) is 4.98 Å². The summed E-state index contributed by atoms with van der Waals surface area (Å²) in [5.74, 6) is 0.978. The topological polar surface area (TPSA) is 63.8 Å². The van der Waals surface area contributed by atoms with Gasteiger partial charge in [-0.05, 0) is 25.5 Å². The number of nitrogens with zero attached hydrogens (tertiary/aromatic N) is 3. The quantitative estimate of drug-likeness (QED) is 0.922. The van der Waals surface area contributed by atoms with Crippen molar-refractivity contribution >= 4 is 23.2 Å². The molecule has 1 fully saturated rings. The van der Waals surface area contributed by atoms with Crippen LogP contribution in [0.5, 0.6) is 0 Å². The first-order valence-electron chi connectivity index (χ1n) is 6.12. The summed E-state index contributed by atoms with van der Waals surface area (Å²) < 4.78 is 5.29. The van der Waals surface area contributed by atoms with Crippen LogP contribution in [-0.4, -0.2) is 21.7 Å². The third kappa shape index (κ3) is 2.73. The molecule has 100 valence electrons. The fraction of sp³-hybridized carbons (Fsp3) is 0.417.